The SMILES string of the molecule is CCOC(=O)c1ccc(N2C(=O)NC(=O)/C(=C\c3ccccc3OCc3ccc(C)cc3)C2=O)cc1. The lowest BCUT2D eigenvalue weighted by molar-refractivity contribution is -0.122. The quantitative estimate of drug-likeness (QED) is 0.303. The molecule has 1 fully saturated rings. The van der Waals surface area contributed by atoms with E-state index in [4.69, 9.17) is 9.47 Å². The minimum atomic E-state index is -0.880. The van der Waals surface area contributed by atoms with Crippen LogP contribution in [-0.4, -0.2) is 30.4 Å². The molecule has 0 radical (unpaired) electrons. The van der Waals surface area contributed by atoms with Crippen LogP contribution in [0.4, 0.5) is 10.5 Å². The maximum Gasteiger partial charge on any atom is 0.338 e. The van der Waals surface area contributed by atoms with Crippen molar-refractivity contribution in [3.05, 3.63) is 101 Å². The first-order chi connectivity index (χ1) is 17.4. The molecule has 0 aromatic heterocycles. The van der Waals surface area contributed by atoms with Gasteiger partial charge in [0.1, 0.15) is 17.9 Å². The first-order valence-electron chi connectivity index (χ1n) is 11.3. The number of hydrogen-bond acceptors (Lipinski definition) is 6. The monoisotopic (exact) mass is 484 g/mol. The predicted octanol–water partition coefficient (Wildman–Crippen LogP) is 4.42. The van der Waals surface area contributed by atoms with Gasteiger partial charge in [-0.15, -0.1) is 0 Å². The molecule has 1 aliphatic heterocycles. The van der Waals surface area contributed by atoms with Crippen molar-refractivity contribution in [1.29, 1.82) is 0 Å². The molecule has 3 aromatic carbocycles. The standard InChI is InChI=1S/C28H24N2O6/c1-3-35-27(33)20-12-14-22(15-13-20)30-26(32)23(25(31)29-28(30)34)16-21-6-4-5-7-24(21)36-17-19-10-8-18(2)9-11-19/h4-16H,3,17H2,1-2H3,(H,29,31,34)/b23-16+. The van der Waals surface area contributed by atoms with Gasteiger partial charge in [-0.2, -0.15) is 0 Å². The second-order valence-corrected chi connectivity index (χ2v) is 8.04. The zero-order chi connectivity index (χ0) is 25.7. The highest BCUT2D eigenvalue weighted by atomic mass is 16.5. The maximum atomic E-state index is 13.2. The molecule has 3 aromatic rings. The van der Waals surface area contributed by atoms with Crippen LogP contribution in [0.25, 0.3) is 6.08 Å². The average Bonchev–Trinajstić information content (AvgIpc) is 2.87. The molecule has 1 saturated heterocycles. The molecule has 0 atom stereocenters. The molecule has 1 aliphatic rings. The van der Waals surface area contributed by atoms with Gasteiger partial charge >= 0.3 is 12.0 Å². The third-order valence-electron chi connectivity index (χ3n) is 5.47. The molecule has 4 amide bonds. The van der Waals surface area contributed by atoms with Crippen LogP contribution in [0.5, 0.6) is 5.75 Å². The highest BCUT2D eigenvalue weighted by Gasteiger charge is 2.37. The molecule has 1 N–H and O–H groups in total. The summed E-state index contributed by atoms with van der Waals surface area (Å²) in [7, 11) is 0. The highest BCUT2D eigenvalue weighted by molar-refractivity contribution is 6.39. The summed E-state index contributed by atoms with van der Waals surface area (Å²) >= 11 is 0. The second kappa shape index (κ2) is 10.7. The summed E-state index contributed by atoms with van der Waals surface area (Å²) in [5, 5.41) is 2.20. The topological polar surface area (TPSA) is 102 Å². The van der Waals surface area contributed by atoms with E-state index in [0.717, 1.165) is 16.0 Å². The second-order valence-electron chi connectivity index (χ2n) is 8.04. The van der Waals surface area contributed by atoms with Crippen molar-refractivity contribution in [1.82, 2.24) is 5.32 Å². The van der Waals surface area contributed by atoms with Crippen LogP contribution in [0, 0.1) is 6.92 Å². The van der Waals surface area contributed by atoms with Crippen molar-refractivity contribution < 1.29 is 28.7 Å². The fraction of sp³-hybridized carbons (Fsp3) is 0.143. The van der Waals surface area contributed by atoms with Crippen LogP contribution in [0.1, 0.15) is 34.0 Å². The Hall–Kier alpha value is -4.72. The predicted molar refractivity (Wildman–Crippen MR) is 133 cm³/mol. The Labute approximate surface area is 208 Å². The van der Waals surface area contributed by atoms with E-state index >= 15 is 0 Å². The first-order valence-corrected chi connectivity index (χ1v) is 11.3. The van der Waals surface area contributed by atoms with Crippen molar-refractivity contribution >= 4 is 35.6 Å². The Bertz CT molecular complexity index is 1340. The van der Waals surface area contributed by atoms with E-state index in [2.05, 4.69) is 5.32 Å². The molecule has 0 spiro atoms. The van der Waals surface area contributed by atoms with Gasteiger partial charge in [0.05, 0.1) is 17.9 Å². The van der Waals surface area contributed by atoms with E-state index in [0.29, 0.717) is 17.9 Å². The molecule has 8 heteroatoms. The van der Waals surface area contributed by atoms with Crippen molar-refractivity contribution in [2.75, 3.05) is 11.5 Å². The van der Waals surface area contributed by atoms with Gasteiger partial charge in [-0.25, -0.2) is 14.5 Å². The molecule has 0 saturated carbocycles. The molecular formula is C28H24N2O6. The van der Waals surface area contributed by atoms with E-state index in [1.807, 2.05) is 31.2 Å². The van der Waals surface area contributed by atoms with Gasteiger partial charge in [-0.3, -0.25) is 14.9 Å². The number of nitrogens with zero attached hydrogens (tertiary/aromatic N) is 1. The number of hydrogen-bond donors (Lipinski definition) is 1. The molecular weight excluding hydrogens is 460 g/mol. The molecule has 1 heterocycles. The Morgan fingerprint density at radius 2 is 1.64 bits per heavy atom. The molecule has 0 unspecified atom stereocenters. The Morgan fingerprint density at radius 3 is 2.33 bits per heavy atom. The fourth-order valence-corrected chi connectivity index (χ4v) is 3.59. The van der Waals surface area contributed by atoms with Crippen molar-refractivity contribution in [3.8, 4) is 5.75 Å². The summed E-state index contributed by atoms with van der Waals surface area (Å²) in [6, 6.07) is 19.8. The minimum absolute atomic E-state index is 0.202. The van der Waals surface area contributed by atoms with Crippen molar-refractivity contribution in [2.24, 2.45) is 0 Å². The van der Waals surface area contributed by atoms with E-state index in [1.54, 1.807) is 31.2 Å². The van der Waals surface area contributed by atoms with Crippen LogP contribution in [0.3, 0.4) is 0 Å². The largest absolute Gasteiger partial charge is 0.488 e. The third-order valence-corrected chi connectivity index (χ3v) is 5.47. The number of aryl methyl sites for hydroxylation is 1. The number of anilines is 1. The number of barbiturate groups is 1. The van der Waals surface area contributed by atoms with E-state index in [1.165, 1.54) is 30.3 Å². The molecule has 0 bridgehead atoms. The zero-order valence-electron chi connectivity index (χ0n) is 19.8. The van der Waals surface area contributed by atoms with Crippen LogP contribution >= 0.6 is 0 Å². The van der Waals surface area contributed by atoms with Gasteiger partial charge in [0.15, 0.2) is 0 Å². The summed E-state index contributed by atoms with van der Waals surface area (Å²) in [6.07, 6.45) is 1.40. The van der Waals surface area contributed by atoms with Crippen LogP contribution in [-0.2, 0) is 20.9 Å². The Morgan fingerprint density at radius 1 is 0.944 bits per heavy atom. The Balaban J connectivity index is 1.59. The molecule has 4 rings (SSSR count). The molecule has 0 aliphatic carbocycles. The lowest BCUT2D eigenvalue weighted by atomic mass is 10.1. The normalized spacial score (nSPS) is 14.6. The highest BCUT2D eigenvalue weighted by Crippen LogP contribution is 2.26. The lowest BCUT2D eigenvalue weighted by Crippen LogP contribution is -2.54. The minimum Gasteiger partial charge on any atom is -0.488 e. The number of esters is 1. The van der Waals surface area contributed by atoms with Crippen LogP contribution < -0.4 is 15.0 Å². The summed E-state index contributed by atoms with van der Waals surface area (Å²) in [4.78, 5) is 51.1. The van der Waals surface area contributed by atoms with Crippen molar-refractivity contribution in [3.63, 3.8) is 0 Å². The zero-order valence-corrected chi connectivity index (χ0v) is 19.8. The summed E-state index contributed by atoms with van der Waals surface area (Å²) in [6.45, 7) is 4.22. The summed E-state index contributed by atoms with van der Waals surface area (Å²) < 4.78 is 10.9. The molecule has 182 valence electrons. The maximum absolute atomic E-state index is 13.2. The fourth-order valence-electron chi connectivity index (χ4n) is 3.59. The van der Waals surface area contributed by atoms with Gasteiger partial charge < -0.3 is 9.47 Å². The first kappa shape index (κ1) is 24.4. The lowest BCUT2D eigenvalue weighted by Gasteiger charge is -2.26. The van der Waals surface area contributed by atoms with Gasteiger partial charge in [0.25, 0.3) is 11.8 Å². The number of nitrogens with one attached hydrogen (secondary N) is 1. The van der Waals surface area contributed by atoms with Crippen LogP contribution in [0.15, 0.2) is 78.4 Å². The van der Waals surface area contributed by atoms with Crippen LogP contribution in [0.2, 0.25) is 0 Å². The number of ether oxygens (including phenoxy) is 2. The Kier molecular flexibility index (Phi) is 7.25. The third kappa shape index (κ3) is 5.33. The smallest absolute Gasteiger partial charge is 0.338 e. The number of carbonyl (C=O) groups excluding carboxylic acids is 4. The number of para-hydroxylation sites is 1. The number of rotatable bonds is 7. The van der Waals surface area contributed by atoms with E-state index in [9.17, 15) is 19.2 Å². The summed E-state index contributed by atoms with van der Waals surface area (Å²) in [5.74, 6) is -1.64. The molecule has 36 heavy (non-hydrogen) atoms. The van der Waals surface area contributed by atoms with Gasteiger partial charge in [-0.1, -0.05) is 48.0 Å². The summed E-state index contributed by atoms with van der Waals surface area (Å²) in [5.41, 5.74) is 2.87. The van der Waals surface area contributed by atoms with Gasteiger partial charge in [-0.05, 0) is 55.8 Å². The number of carbonyl (C=O) groups is 4. The van der Waals surface area contributed by atoms with Gasteiger partial charge in [0, 0.05) is 5.56 Å². The van der Waals surface area contributed by atoms with E-state index < -0.39 is 23.8 Å². The number of urea groups is 1. The molecule has 8 nitrogen and oxygen atoms in total. The number of amides is 4. The van der Waals surface area contributed by atoms with Gasteiger partial charge in [0.2, 0.25) is 0 Å². The van der Waals surface area contributed by atoms with Crippen molar-refractivity contribution in [2.45, 2.75) is 20.5 Å². The number of imide groups is 2. The average molecular weight is 485 g/mol. The number of benzene rings is 3. The van der Waals surface area contributed by atoms with E-state index in [-0.39, 0.29) is 23.4 Å².